The van der Waals surface area contributed by atoms with E-state index in [1.165, 1.54) is 0 Å². The highest BCUT2D eigenvalue weighted by molar-refractivity contribution is 6.01. The zero-order valence-corrected chi connectivity index (χ0v) is 13.4. The Labute approximate surface area is 146 Å². The van der Waals surface area contributed by atoms with Crippen LogP contribution in [-0.2, 0) is 20.9 Å². The Morgan fingerprint density at radius 2 is 1.88 bits per heavy atom. The lowest BCUT2D eigenvalue weighted by Crippen LogP contribution is -2.33. The van der Waals surface area contributed by atoms with Gasteiger partial charge >= 0.3 is 12.1 Å². The van der Waals surface area contributed by atoms with Crippen molar-refractivity contribution >= 4 is 23.6 Å². The molecule has 1 heterocycles. The van der Waals surface area contributed by atoms with Gasteiger partial charge in [0.15, 0.2) is 0 Å². The number of benzene rings is 1. The Balaban J connectivity index is 0.000000412. The number of rotatable bonds is 4. The number of nitrogens with two attached hydrogens (primary N) is 2. The fourth-order valence-corrected chi connectivity index (χ4v) is 2.22. The minimum Gasteiger partial charge on any atom is -0.475 e. The first-order valence-electron chi connectivity index (χ1n) is 7.25. The number of carboxylic acid groups (broad SMARTS) is 1. The van der Waals surface area contributed by atoms with Crippen molar-refractivity contribution < 1.29 is 32.7 Å². The Bertz CT molecular complexity index is 721. The van der Waals surface area contributed by atoms with E-state index in [0.29, 0.717) is 25.1 Å². The first kappa shape index (κ1) is 20.9. The van der Waals surface area contributed by atoms with Crippen molar-refractivity contribution in [3.05, 3.63) is 35.4 Å². The number of primary amides is 1. The Morgan fingerprint density at radius 3 is 2.31 bits per heavy atom. The summed E-state index contributed by atoms with van der Waals surface area (Å²) < 4.78 is 31.7. The molecule has 1 aromatic carbocycles. The van der Waals surface area contributed by atoms with E-state index in [-0.39, 0.29) is 11.7 Å². The summed E-state index contributed by atoms with van der Waals surface area (Å²) in [5.41, 5.74) is 12.1. The van der Waals surface area contributed by atoms with Gasteiger partial charge < -0.3 is 21.5 Å². The van der Waals surface area contributed by atoms with Crippen molar-refractivity contribution in [2.24, 2.45) is 17.4 Å². The van der Waals surface area contributed by atoms with Gasteiger partial charge in [-0.05, 0) is 18.1 Å². The fourth-order valence-electron chi connectivity index (χ4n) is 2.22. The summed E-state index contributed by atoms with van der Waals surface area (Å²) in [7, 11) is 0. The topological polar surface area (TPSA) is 151 Å². The van der Waals surface area contributed by atoms with E-state index in [1.807, 2.05) is 6.07 Å². The van der Waals surface area contributed by atoms with E-state index < -0.39 is 24.0 Å². The molecule has 8 nitrogen and oxygen atoms in total. The number of nitrogen functional groups attached to an aromatic ring is 1. The van der Waals surface area contributed by atoms with Crippen LogP contribution in [0.1, 0.15) is 17.5 Å². The highest BCUT2D eigenvalue weighted by Crippen LogP contribution is 2.20. The van der Waals surface area contributed by atoms with Crippen LogP contribution in [-0.4, -0.2) is 46.3 Å². The molecule has 1 aromatic rings. The second kappa shape index (κ2) is 8.32. The summed E-state index contributed by atoms with van der Waals surface area (Å²) in [6, 6.07) is 7.16. The standard InChI is InChI=1S/C13H16N4O2.C2HF3O2/c14-11(15)9-3-1-2-8(6-9)7-17-5-4-10(12(16)18)13(17)19;3-2(4,5)1(6)7/h1-3,6,10H,4-5,7H2,(H3,14,15)(H2,16,18);(H,6,7)/t10-;/m1./s1. The maximum atomic E-state index is 11.9. The molecule has 6 N–H and O–H groups in total. The number of carbonyl (C=O) groups is 3. The van der Waals surface area contributed by atoms with Crippen molar-refractivity contribution in [3.63, 3.8) is 0 Å². The maximum absolute atomic E-state index is 11.9. The van der Waals surface area contributed by atoms with Crippen LogP contribution in [0.2, 0.25) is 0 Å². The van der Waals surface area contributed by atoms with Crippen LogP contribution in [0.15, 0.2) is 24.3 Å². The molecule has 0 aromatic heterocycles. The van der Waals surface area contributed by atoms with E-state index in [4.69, 9.17) is 26.8 Å². The largest absolute Gasteiger partial charge is 0.490 e. The number of likely N-dealkylation sites (tertiary alicyclic amines) is 1. The molecule has 2 amide bonds. The molecule has 0 bridgehead atoms. The van der Waals surface area contributed by atoms with E-state index in [2.05, 4.69) is 0 Å². The molecule has 0 saturated carbocycles. The first-order chi connectivity index (χ1) is 11.9. The van der Waals surface area contributed by atoms with Gasteiger partial charge in [-0.25, -0.2) is 4.79 Å². The normalized spacial score (nSPS) is 16.7. The van der Waals surface area contributed by atoms with Gasteiger partial charge in [0.1, 0.15) is 11.8 Å². The predicted molar refractivity (Wildman–Crippen MR) is 83.9 cm³/mol. The van der Waals surface area contributed by atoms with E-state index in [1.54, 1.807) is 23.1 Å². The molecular weight excluding hydrogens is 357 g/mol. The van der Waals surface area contributed by atoms with Gasteiger partial charge in [0.25, 0.3) is 0 Å². The molecule has 1 aliphatic rings. The number of nitrogens with one attached hydrogen (secondary N) is 1. The third-order valence-electron chi connectivity index (χ3n) is 3.49. The van der Waals surface area contributed by atoms with Gasteiger partial charge in [-0.2, -0.15) is 13.2 Å². The predicted octanol–water partition coefficient (Wildman–Crippen LogP) is 0.438. The van der Waals surface area contributed by atoms with E-state index in [0.717, 1.165) is 5.56 Å². The molecule has 26 heavy (non-hydrogen) atoms. The van der Waals surface area contributed by atoms with Crippen LogP contribution in [0.4, 0.5) is 13.2 Å². The number of hydrogen-bond acceptors (Lipinski definition) is 4. The van der Waals surface area contributed by atoms with Crippen LogP contribution in [0, 0.1) is 11.3 Å². The zero-order chi connectivity index (χ0) is 20.1. The van der Waals surface area contributed by atoms with Crippen molar-refractivity contribution in [3.8, 4) is 0 Å². The summed E-state index contributed by atoms with van der Waals surface area (Å²) in [6.45, 7) is 0.931. The summed E-state index contributed by atoms with van der Waals surface area (Å²) in [5.74, 6) is -4.25. The number of amidine groups is 1. The highest BCUT2D eigenvalue weighted by atomic mass is 19.4. The van der Waals surface area contributed by atoms with E-state index >= 15 is 0 Å². The highest BCUT2D eigenvalue weighted by Gasteiger charge is 2.38. The molecule has 1 aliphatic heterocycles. The van der Waals surface area contributed by atoms with Crippen LogP contribution in [0.3, 0.4) is 0 Å². The van der Waals surface area contributed by atoms with Crippen molar-refractivity contribution in [2.45, 2.75) is 19.1 Å². The molecule has 0 radical (unpaired) electrons. The summed E-state index contributed by atoms with van der Waals surface area (Å²) in [6.07, 6.45) is -4.61. The first-order valence-corrected chi connectivity index (χ1v) is 7.25. The lowest BCUT2D eigenvalue weighted by Gasteiger charge is -2.16. The van der Waals surface area contributed by atoms with Gasteiger partial charge in [-0.15, -0.1) is 0 Å². The van der Waals surface area contributed by atoms with Crippen LogP contribution < -0.4 is 11.5 Å². The van der Waals surface area contributed by atoms with Crippen molar-refractivity contribution in [1.29, 1.82) is 5.41 Å². The number of amides is 2. The number of carboxylic acids is 1. The molecule has 1 saturated heterocycles. The van der Waals surface area contributed by atoms with Crippen molar-refractivity contribution in [2.75, 3.05) is 6.54 Å². The average molecular weight is 374 g/mol. The second-order valence-corrected chi connectivity index (χ2v) is 5.42. The Kier molecular flexibility index (Phi) is 6.70. The quantitative estimate of drug-likeness (QED) is 0.342. The van der Waals surface area contributed by atoms with Gasteiger partial charge in [-0.1, -0.05) is 18.2 Å². The summed E-state index contributed by atoms with van der Waals surface area (Å²) >= 11 is 0. The van der Waals surface area contributed by atoms with E-state index in [9.17, 15) is 22.8 Å². The number of carbonyl (C=O) groups excluding carboxylic acids is 2. The van der Waals surface area contributed by atoms with Gasteiger partial charge in [0, 0.05) is 18.7 Å². The maximum Gasteiger partial charge on any atom is 0.490 e. The molecule has 11 heteroatoms. The lowest BCUT2D eigenvalue weighted by molar-refractivity contribution is -0.192. The molecule has 2 rings (SSSR count). The number of aliphatic carboxylic acids is 1. The van der Waals surface area contributed by atoms with Crippen LogP contribution >= 0.6 is 0 Å². The molecule has 0 spiro atoms. The molecule has 1 atom stereocenters. The zero-order valence-electron chi connectivity index (χ0n) is 13.4. The Hall–Kier alpha value is -3.11. The number of hydrogen-bond donors (Lipinski definition) is 4. The smallest absolute Gasteiger partial charge is 0.475 e. The second-order valence-electron chi connectivity index (χ2n) is 5.42. The van der Waals surface area contributed by atoms with Gasteiger partial charge in [-0.3, -0.25) is 15.0 Å². The molecule has 142 valence electrons. The Morgan fingerprint density at radius 1 is 1.31 bits per heavy atom. The van der Waals surface area contributed by atoms with Gasteiger partial charge in [0.05, 0.1) is 0 Å². The molecule has 1 fully saturated rings. The van der Waals surface area contributed by atoms with Gasteiger partial charge in [0.2, 0.25) is 11.8 Å². The monoisotopic (exact) mass is 374 g/mol. The molecule has 0 unspecified atom stereocenters. The van der Waals surface area contributed by atoms with Crippen LogP contribution in [0.25, 0.3) is 0 Å². The third-order valence-corrected chi connectivity index (χ3v) is 3.49. The number of halogens is 3. The van der Waals surface area contributed by atoms with Crippen LogP contribution in [0.5, 0.6) is 0 Å². The fraction of sp³-hybridized carbons (Fsp3) is 0.333. The lowest BCUT2D eigenvalue weighted by atomic mass is 10.1. The summed E-state index contributed by atoms with van der Waals surface area (Å²) in [4.78, 5) is 33.5. The minimum absolute atomic E-state index is 0.00962. The van der Waals surface area contributed by atoms with Crippen molar-refractivity contribution in [1.82, 2.24) is 4.90 Å². The minimum atomic E-state index is -5.08. The number of nitrogens with zero attached hydrogens (tertiary/aromatic N) is 1. The molecular formula is C15H17F3N4O4. The SMILES string of the molecule is N=C(N)c1cccc(CN2CC[C@H](C(N)=O)C2=O)c1.O=C(O)C(F)(F)F. The summed E-state index contributed by atoms with van der Waals surface area (Å²) in [5, 5.41) is 14.5. The molecule has 0 aliphatic carbocycles. The average Bonchev–Trinajstić information content (AvgIpc) is 2.88. The number of alkyl halides is 3. The third kappa shape index (κ3) is 5.76.